The summed E-state index contributed by atoms with van der Waals surface area (Å²) >= 11 is 0. The first kappa shape index (κ1) is 20.0. The summed E-state index contributed by atoms with van der Waals surface area (Å²) in [6, 6.07) is 13.5. The summed E-state index contributed by atoms with van der Waals surface area (Å²) in [5, 5.41) is 12.4. The van der Waals surface area contributed by atoms with Gasteiger partial charge in [-0.25, -0.2) is 4.39 Å². The number of halogens is 1. The lowest BCUT2D eigenvalue weighted by Crippen LogP contribution is -2.72. The van der Waals surface area contributed by atoms with Crippen molar-refractivity contribution in [2.24, 2.45) is 10.2 Å². The van der Waals surface area contributed by atoms with E-state index in [0.717, 1.165) is 5.56 Å². The minimum absolute atomic E-state index is 0.0214. The number of anilines is 1. The number of quaternary nitrogens is 1. The number of hydrogen-bond acceptors (Lipinski definition) is 4. The Hall–Kier alpha value is -3.32. The second-order valence-corrected chi connectivity index (χ2v) is 5.78. The van der Waals surface area contributed by atoms with Crippen molar-refractivity contribution in [3.8, 4) is 0 Å². The summed E-state index contributed by atoms with van der Waals surface area (Å²) in [5.74, 6) is -0.375. The van der Waals surface area contributed by atoms with Gasteiger partial charge in [0.1, 0.15) is 17.7 Å². The van der Waals surface area contributed by atoms with Gasteiger partial charge in [0.15, 0.2) is 5.82 Å². The normalized spacial score (nSPS) is 11.1. The highest BCUT2D eigenvalue weighted by molar-refractivity contribution is 5.92. The number of carbonyl (C=O) groups excluding carboxylic acids is 1. The molecule has 2 aromatic rings. The predicted octanol–water partition coefficient (Wildman–Crippen LogP) is 3.16. The fourth-order valence-electron chi connectivity index (χ4n) is 2.14. The summed E-state index contributed by atoms with van der Waals surface area (Å²) in [5.41, 5.74) is 1.37. The number of carbonyl (C=O) groups is 1. The number of nitrogens with one attached hydrogen (secondary N) is 1. The Balaban J connectivity index is 2.04. The maximum atomic E-state index is 14.0. The topological polar surface area (TPSA) is 73.7 Å². The van der Waals surface area contributed by atoms with Crippen molar-refractivity contribution in [3.05, 3.63) is 84.7 Å². The van der Waals surface area contributed by atoms with E-state index in [1.807, 2.05) is 48.9 Å². The van der Waals surface area contributed by atoms with Gasteiger partial charge in [-0.2, -0.15) is 0 Å². The number of nitrogens with two attached hydrogens (primary N) is 1. The monoisotopic (exact) mass is 368 g/mol. The Kier molecular flexibility index (Phi) is 7.39. The SMILES string of the molecule is C=C(N=Nc1cc(NC(=O)Cc2ccccc2)ccc1F)N(C)/C=C\[NH2+]C. The van der Waals surface area contributed by atoms with Gasteiger partial charge in [-0.1, -0.05) is 36.9 Å². The fourth-order valence-corrected chi connectivity index (χ4v) is 2.14. The Bertz CT molecular complexity index is 849. The average Bonchev–Trinajstić information content (AvgIpc) is 2.66. The van der Waals surface area contributed by atoms with Gasteiger partial charge in [0, 0.05) is 12.7 Å². The van der Waals surface area contributed by atoms with Crippen molar-refractivity contribution in [3.63, 3.8) is 0 Å². The second-order valence-electron chi connectivity index (χ2n) is 5.78. The Morgan fingerprint density at radius 3 is 2.74 bits per heavy atom. The van der Waals surface area contributed by atoms with E-state index in [9.17, 15) is 9.18 Å². The summed E-state index contributed by atoms with van der Waals surface area (Å²) in [4.78, 5) is 13.8. The highest BCUT2D eigenvalue weighted by atomic mass is 19.1. The molecule has 1 amide bonds. The van der Waals surface area contributed by atoms with Crippen LogP contribution in [0.2, 0.25) is 0 Å². The van der Waals surface area contributed by atoms with Crippen LogP contribution in [-0.4, -0.2) is 24.9 Å². The van der Waals surface area contributed by atoms with Crippen LogP contribution in [0.15, 0.2) is 83.6 Å². The van der Waals surface area contributed by atoms with Gasteiger partial charge >= 0.3 is 0 Å². The lowest BCUT2D eigenvalue weighted by molar-refractivity contribution is -0.557. The average molecular weight is 368 g/mol. The minimum Gasteiger partial charge on any atom is -0.330 e. The fraction of sp³-hybridized carbons (Fsp3) is 0.150. The molecule has 0 radical (unpaired) electrons. The van der Waals surface area contributed by atoms with Crippen molar-refractivity contribution in [1.29, 1.82) is 0 Å². The van der Waals surface area contributed by atoms with Gasteiger partial charge in [0.05, 0.1) is 19.7 Å². The van der Waals surface area contributed by atoms with Crippen LogP contribution < -0.4 is 10.6 Å². The molecule has 0 spiro atoms. The van der Waals surface area contributed by atoms with E-state index in [1.165, 1.54) is 18.2 Å². The largest absolute Gasteiger partial charge is 0.330 e. The molecule has 6 nitrogen and oxygen atoms in total. The van der Waals surface area contributed by atoms with E-state index in [4.69, 9.17) is 0 Å². The van der Waals surface area contributed by atoms with Gasteiger partial charge in [-0.05, 0) is 23.8 Å². The molecule has 2 rings (SSSR count). The van der Waals surface area contributed by atoms with E-state index in [1.54, 1.807) is 18.1 Å². The molecule has 0 fully saturated rings. The maximum Gasteiger partial charge on any atom is 0.228 e. The summed E-state index contributed by atoms with van der Waals surface area (Å²) in [6.07, 6.45) is 3.82. The van der Waals surface area contributed by atoms with Crippen LogP contribution in [-0.2, 0) is 11.2 Å². The minimum atomic E-state index is -0.535. The second kappa shape index (κ2) is 9.98. The molecule has 0 saturated carbocycles. The Morgan fingerprint density at radius 2 is 2.04 bits per heavy atom. The van der Waals surface area contributed by atoms with Crippen LogP contribution in [0.4, 0.5) is 15.8 Å². The number of rotatable bonds is 8. The first-order valence-electron chi connectivity index (χ1n) is 8.42. The van der Waals surface area contributed by atoms with E-state index in [2.05, 4.69) is 22.1 Å². The van der Waals surface area contributed by atoms with Gasteiger partial charge in [-0.15, -0.1) is 10.2 Å². The molecule has 0 bridgehead atoms. The summed E-state index contributed by atoms with van der Waals surface area (Å²) in [6.45, 7) is 3.78. The Labute approximate surface area is 158 Å². The van der Waals surface area contributed by atoms with Crippen LogP contribution in [0.25, 0.3) is 0 Å². The maximum absolute atomic E-state index is 14.0. The van der Waals surface area contributed by atoms with Crippen LogP contribution in [0.5, 0.6) is 0 Å². The zero-order valence-corrected chi connectivity index (χ0v) is 15.4. The number of nitrogens with zero attached hydrogens (tertiary/aromatic N) is 3. The van der Waals surface area contributed by atoms with E-state index in [0.29, 0.717) is 11.5 Å². The smallest absolute Gasteiger partial charge is 0.228 e. The molecule has 3 N–H and O–H groups in total. The molecule has 0 aliphatic heterocycles. The molecule has 0 unspecified atom stereocenters. The highest BCUT2D eigenvalue weighted by Crippen LogP contribution is 2.24. The first-order valence-corrected chi connectivity index (χ1v) is 8.42. The van der Waals surface area contributed by atoms with Gasteiger partial charge in [0.2, 0.25) is 5.91 Å². The molecule has 27 heavy (non-hydrogen) atoms. The third-order valence-corrected chi connectivity index (χ3v) is 3.62. The van der Waals surface area contributed by atoms with E-state index >= 15 is 0 Å². The van der Waals surface area contributed by atoms with E-state index in [-0.39, 0.29) is 18.0 Å². The standard InChI is InChI=1S/C20H22FN5O/c1-15(26(3)12-11-22-2)24-25-19-14-17(9-10-18(19)21)23-20(27)13-16-7-5-4-6-8-16/h4-12,14,22H,1,13H2,2-3H3,(H,23,27)/p+1/b12-11-,25-24?. The zero-order chi connectivity index (χ0) is 19.6. The molecule has 2 aromatic carbocycles. The van der Waals surface area contributed by atoms with Crippen molar-refractivity contribution in [2.75, 3.05) is 19.4 Å². The van der Waals surface area contributed by atoms with Crippen LogP contribution in [0.3, 0.4) is 0 Å². The molecular formula is C20H23FN5O+. The molecular weight excluding hydrogens is 345 g/mol. The lowest BCUT2D eigenvalue weighted by Gasteiger charge is -2.10. The number of hydrogen-bond donors (Lipinski definition) is 2. The predicted molar refractivity (Wildman–Crippen MR) is 104 cm³/mol. The molecule has 140 valence electrons. The van der Waals surface area contributed by atoms with Crippen molar-refractivity contribution >= 4 is 17.3 Å². The molecule has 7 heteroatoms. The van der Waals surface area contributed by atoms with E-state index < -0.39 is 5.82 Å². The van der Waals surface area contributed by atoms with Crippen molar-refractivity contribution < 1.29 is 14.5 Å². The molecule has 0 heterocycles. The first-order chi connectivity index (χ1) is 13.0. The highest BCUT2D eigenvalue weighted by Gasteiger charge is 2.08. The van der Waals surface area contributed by atoms with Crippen molar-refractivity contribution in [1.82, 2.24) is 4.90 Å². The number of amides is 1. The third kappa shape index (κ3) is 6.48. The molecule has 0 atom stereocenters. The zero-order valence-electron chi connectivity index (χ0n) is 15.4. The van der Waals surface area contributed by atoms with Gasteiger partial charge in [-0.3, -0.25) is 4.79 Å². The molecule has 0 aromatic heterocycles. The summed E-state index contributed by atoms with van der Waals surface area (Å²) < 4.78 is 14.0. The molecule has 0 aliphatic rings. The summed E-state index contributed by atoms with van der Waals surface area (Å²) in [7, 11) is 3.65. The molecule has 0 aliphatic carbocycles. The molecule has 0 saturated heterocycles. The number of benzene rings is 2. The van der Waals surface area contributed by atoms with Crippen molar-refractivity contribution in [2.45, 2.75) is 6.42 Å². The Morgan fingerprint density at radius 1 is 1.30 bits per heavy atom. The lowest BCUT2D eigenvalue weighted by atomic mass is 10.1. The van der Waals surface area contributed by atoms with Crippen LogP contribution >= 0.6 is 0 Å². The van der Waals surface area contributed by atoms with Gasteiger partial charge < -0.3 is 15.5 Å². The van der Waals surface area contributed by atoms with Crippen LogP contribution in [0, 0.1) is 5.82 Å². The van der Waals surface area contributed by atoms with Crippen LogP contribution in [0.1, 0.15) is 5.56 Å². The quantitative estimate of drug-likeness (QED) is 0.703. The van der Waals surface area contributed by atoms with Gasteiger partial charge in [0.25, 0.3) is 0 Å². The third-order valence-electron chi connectivity index (χ3n) is 3.62. The number of azo groups is 1.